The zero-order valence-corrected chi connectivity index (χ0v) is 10.6. The fourth-order valence-electron chi connectivity index (χ4n) is 2.00. The number of thiophene rings is 1. The van der Waals surface area contributed by atoms with Crippen LogP contribution in [-0.4, -0.2) is 37.1 Å². The molecule has 1 saturated heterocycles. The van der Waals surface area contributed by atoms with E-state index in [2.05, 4.69) is 23.2 Å². The minimum atomic E-state index is 0.627. The molecule has 1 fully saturated rings. The SMILES string of the molecule is CC(Cc1ccc(Cl)s1)N1CCNCC1. The van der Waals surface area contributed by atoms with Crippen LogP contribution in [0.1, 0.15) is 11.8 Å². The Hall–Kier alpha value is -0.0900. The zero-order valence-electron chi connectivity index (χ0n) is 9.00. The number of piperazine rings is 1. The zero-order chi connectivity index (χ0) is 10.7. The topological polar surface area (TPSA) is 15.3 Å². The fraction of sp³-hybridized carbons (Fsp3) is 0.636. The molecule has 1 N–H and O–H groups in total. The average Bonchev–Trinajstić information content (AvgIpc) is 2.65. The second-order valence-corrected chi connectivity index (χ2v) is 5.84. The van der Waals surface area contributed by atoms with Gasteiger partial charge < -0.3 is 5.32 Å². The summed E-state index contributed by atoms with van der Waals surface area (Å²) in [4.78, 5) is 3.94. The van der Waals surface area contributed by atoms with Crippen molar-refractivity contribution in [3.05, 3.63) is 21.3 Å². The Morgan fingerprint density at radius 1 is 1.47 bits per heavy atom. The van der Waals surface area contributed by atoms with Crippen LogP contribution < -0.4 is 5.32 Å². The molecule has 1 aliphatic heterocycles. The molecule has 0 bridgehead atoms. The molecule has 84 valence electrons. The summed E-state index contributed by atoms with van der Waals surface area (Å²) in [5.41, 5.74) is 0. The summed E-state index contributed by atoms with van der Waals surface area (Å²) < 4.78 is 0.900. The summed E-state index contributed by atoms with van der Waals surface area (Å²) in [5.74, 6) is 0. The third-order valence-corrected chi connectivity index (χ3v) is 4.15. The van der Waals surface area contributed by atoms with Crippen molar-refractivity contribution in [2.45, 2.75) is 19.4 Å². The molecule has 0 amide bonds. The van der Waals surface area contributed by atoms with E-state index in [0.29, 0.717) is 6.04 Å². The van der Waals surface area contributed by atoms with Gasteiger partial charge in [-0.25, -0.2) is 0 Å². The molecule has 2 rings (SSSR count). The average molecular weight is 245 g/mol. The molecule has 1 aromatic heterocycles. The predicted molar refractivity (Wildman–Crippen MR) is 66.9 cm³/mol. The van der Waals surface area contributed by atoms with Gasteiger partial charge in [-0.1, -0.05) is 11.6 Å². The Balaban J connectivity index is 1.88. The molecular formula is C11H17ClN2S. The Morgan fingerprint density at radius 3 is 2.80 bits per heavy atom. The molecule has 15 heavy (non-hydrogen) atoms. The maximum atomic E-state index is 5.92. The van der Waals surface area contributed by atoms with E-state index in [1.165, 1.54) is 18.0 Å². The molecule has 1 aliphatic rings. The van der Waals surface area contributed by atoms with Crippen LogP contribution in [-0.2, 0) is 6.42 Å². The second-order valence-electron chi connectivity index (χ2n) is 4.04. The van der Waals surface area contributed by atoms with E-state index in [1.54, 1.807) is 11.3 Å². The van der Waals surface area contributed by atoms with Gasteiger partial charge in [0.15, 0.2) is 0 Å². The van der Waals surface area contributed by atoms with Crippen molar-refractivity contribution in [1.29, 1.82) is 0 Å². The molecule has 0 aromatic carbocycles. The number of rotatable bonds is 3. The van der Waals surface area contributed by atoms with Crippen LogP contribution >= 0.6 is 22.9 Å². The third-order valence-electron chi connectivity index (χ3n) is 2.90. The summed E-state index contributed by atoms with van der Waals surface area (Å²) in [6, 6.07) is 4.76. The predicted octanol–water partition coefficient (Wildman–Crippen LogP) is 2.24. The van der Waals surface area contributed by atoms with Crippen LogP contribution in [0.4, 0.5) is 0 Å². The molecule has 1 unspecified atom stereocenters. The van der Waals surface area contributed by atoms with Crippen molar-refractivity contribution < 1.29 is 0 Å². The summed E-state index contributed by atoms with van der Waals surface area (Å²) >= 11 is 7.63. The highest BCUT2D eigenvalue weighted by molar-refractivity contribution is 7.16. The lowest BCUT2D eigenvalue weighted by Gasteiger charge is -2.32. The van der Waals surface area contributed by atoms with Crippen LogP contribution in [0, 0.1) is 0 Å². The first kappa shape index (κ1) is 11.4. The van der Waals surface area contributed by atoms with Gasteiger partial charge in [0.2, 0.25) is 0 Å². The van der Waals surface area contributed by atoms with Gasteiger partial charge in [-0.15, -0.1) is 11.3 Å². The molecule has 0 radical (unpaired) electrons. The highest BCUT2D eigenvalue weighted by Gasteiger charge is 2.16. The quantitative estimate of drug-likeness (QED) is 0.878. The molecular weight excluding hydrogens is 228 g/mol. The van der Waals surface area contributed by atoms with Crippen LogP contribution in [0.5, 0.6) is 0 Å². The van der Waals surface area contributed by atoms with Gasteiger partial charge >= 0.3 is 0 Å². The second kappa shape index (κ2) is 5.30. The molecule has 2 nitrogen and oxygen atoms in total. The largest absolute Gasteiger partial charge is 0.314 e. The molecule has 0 spiro atoms. The van der Waals surface area contributed by atoms with Gasteiger partial charge in [-0.05, 0) is 25.5 Å². The van der Waals surface area contributed by atoms with Crippen molar-refractivity contribution in [1.82, 2.24) is 10.2 Å². The van der Waals surface area contributed by atoms with Crippen LogP contribution in [0.2, 0.25) is 4.34 Å². The van der Waals surface area contributed by atoms with Crippen LogP contribution in [0.15, 0.2) is 12.1 Å². The van der Waals surface area contributed by atoms with Crippen molar-refractivity contribution >= 4 is 22.9 Å². The minimum Gasteiger partial charge on any atom is -0.314 e. The number of nitrogens with one attached hydrogen (secondary N) is 1. The van der Waals surface area contributed by atoms with Crippen molar-refractivity contribution in [2.75, 3.05) is 26.2 Å². The summed E-state index contributed by atoms with van der Waals surface area (Å²) in [6.45, 7) is 6.88. The smallest absolute Gasteiger partial charge is 0.0931 e. The third kappa shape index (κ3) is 3.18. The lowest BCUT2D eigenvalue weighted by atomic mass is 10.1. The first-order valence-electron chi connectivity index (χ1n) is 5.44. The number of nitrogens with zero attached hydrogens (tertiary/aromatic N) is 1. The van der Waals surface area contributed by atoms with Gasteiger partial charge in [0.25, 0.3) is 0 Å². The minimum absolute atomic E-state index is 0.627. The molecule has 0 aliphatic carbocycles. The van der Waals surface area contributed by atoms with Crippen molar-refractivity contribution in [3.8, 4) is 0 Å². The standard InChI is InChI=1S/C11H17ClN2S/c1-9(14-6-4-13-5-7-14)8-10-2-3-11(12)15-10/h2-3,9,13H,4-8H2,1H3. The van der Waals surface area contributed by atoms with Gasteiger partial charge in [0, 0.05) is 37.1 Å². The van der Waals surface area contributed by atoms with E-state index >= 15 is 0 Å². The Kier molecular flexibility index (Phi) is 4.03. The number of hydrogen-bond donors (Lipinski definition) is 1. The first-order valence-corrected chi connectivity index (χ1v) is 6.64. The normalized spacial score (nSPS) is 20.4. The van der Waals surface area contributed by atoms with Gasteiger partial charge in [-0.3, -0.25) is 4.90 Å². The van der Waals surface area contributed by atoms with E-state index < -0.39 is 0 Å². The monoisotopic (exact) mass is 244 g/mol. The number of halogens is 1. The maximum absolute atomic E-state index is 5.92. The Labute approximate surface area is 100 Å². The molecule has 1 atom stereocenters. The van der Waals surface area contributed by atoms with Gasteiger partial charge in [-0.2, -0.15) is 0 Å². The highest BCUT2D eigenvalue weighted by Crippen LogP contribution is 2.23. The summed E-state index contributed by atoms with van der Waals surface area (Å²) in [6.07, 6.45) is 1.12. The van der Waals surface area contributed by atoms with Crippen molar-refractivity contribution in [2.24, 2.45) is 0 Å². The lowest BCUT2D eigenvalue weighted by molar-refractivity contribution is 0.184. The molecule has 4 heteroatoms. The van der Waals surface area contributed by atoms with Gasteiger partial charge in [0.05, 0.1) is 4.34 Å². The lowest BCUT2D eigenvalue weighted by Crippen LogP contribution is -2.48. The van der Waals surface area contributed by atoms with Crippen LogP contribution in [0.3, 0.4) is 0 Å². The highest BCUT2D eigenvalue weighted by atomic mass is 35.5. The molecule has 0 saturated carbocycles. The maximum Gasteiger partial charge on any atom is 0.0931 e. The molecule has 1 aromatic rings. The van der Waals surface area contributed by atoms with E-state index in [-0.39, 0.29) is 0 Å². The van der Waals surface area contributed by atoms with E-state index in [9.17, 15) is 0 Å². The first-order chi connectivity index (χ1) is 7.25. The van der Waals surface area contributed by atoms with E-state index in [1.807, 2.05) is 6.07 Å². The van der Waals surface area contributed by atoms with Crippen molar-refractivity contribution in [3.63, 3.8) is 0 Å². The van der Waals surface area contributed by atoms with Gasteiger partial charge in [0.1, 0.15) is 0 Å². The summed E-state index contributed by atoms with van der Waals surface area (Å²) in [5, 5.41) is 3.38. The molecule has 2 heterocycles. The summed E-state index contributed by atoms with van der Waals surface area (Å²) in [7, 11) is 0. The van der Waals surface area contributed by atoms with Crippen LogP contribution in [0.25, 0.3) is 0 Å². The van der Waals surface area contributed by atoms with E-state index in [4.69, 9.17) is 11.6 Å². The van der Waals surface area contributed by atoms with E-state index in [0.717, 1.165) is 23.8 Å². The Bertz CT molecular complexity index is 307. The Morgan fingerprint density at radius 2 is 2.20 bits per heavy atom. The number of hydrogen-bond acceptors (Lipinski definition) is 3. The fourth-order valence-corrected chi connectivity index (χ4v) is 3.21.